The average molecular weight is 156 g/mol. The predicted octanol–water partition coefficient (Wildman–Crippen LogP) is 1.98. The maximum atomic E-state index is 12.5. The first-order valence-electron chi connectivity index (χ1n) is 3.88. The summed E-state index contributed by atoms with van der Waals surface area (Å²) in [5.41, 5.74) is 1.04. The van der Waals surface area contributed by atoms with Gasteiger partial charge < -0.3 is 5.11 Å². The van der Waals surface area contributed by atoms with E-state index < -0.39 is 6.17 Å². The van der Waals surface area contributed by atoms with E-state index >= 15 is 0 Å². The fourth-order valence-electron chi connectivity index (χ4n) is 1.13. The Labute approximate surface area is 66.2 Å². The van der Waals surface area contributed by atoms with Gasteiger partial charge in [0.2, 0.25) is 0 Å². The second kappa shape index (κ2) is 3.67. The van der Waals surface area contributed by atoms with Gasteiger partial charge in [-0.05, 0) is 18.9 Å². The molecule has 0 aromatic rings. The van der Waals surface area contributed by atoms with Gasteiger partial charge in [-0.1, -0.05) is 18.2 Å². The molecule has 0 amide bonds. The molecular formula is C9H13FO. The highest BCUT2D eigenvalue weighted by molar-refractivity contribution is 5.24. The largest absolute Gasteiger partial charge is 0.393 e. The zero-order chi connectivity index (χ0) is 8.27. The summed E-state index contributed by atoms with van der Waals surface area (Å²) in [5, 5.41) is 9.00. The topological polar surface area (TPSA) is 20.2 Å². The molecule has 0 aliphatic heterocycles. The number of rotatable bonds is 2. The third-order valence-corrected chi connectivity index (χ3v) is 1.66. The van der Waals surface area contributed by atoms with Crippen molar-refractivity contribution in [3.05, 3.63) is 23.8 Å². The Kier molecular flexibility index (Phi) is 2.83. The highest BCUT2D eigenvalue weighted by atomic mass is 19.1. The van der Waals surface area contributed by atoms with Crippen LogP contribution in [0.5, 0.6) is 0 Å². The monoisotopic (exact) mass is 156 g/mol. The van der Waals surface area contributed by atoms with Gasteiger partial charge in [0, 0.05) is 6.42 Å². The number of alkyl halides is 1. The van der Waals surface area contributed by atoms with Crippen molar-refractivity contribution in [1.29, 1.82) is 0 Å². The van der Waals surface area contributed by atoms with Crippen molar-refractivity contribution in [1.82, 2.24) is 0 Å². The predicted molar refractivity (Wildman–Crippen MR) is 43.0 cm³/mol. The van der Waals surface area contributed by atoms with E-state index in [1.807, 2.05) is 6.08 Å². The Morgan fingerprint density at radius 2 is 2.55 bits per heavy atom. The standard InChI is InChI=1S/C9H13FO/c1-7(11)6-8-2-4-9(10)5-3-8/h2-4,7,9,11H,5-6H2,1H3/t7-,9?/m1/s1. The van der Waals surface area contributed by atoms with Crippen molar-refractivity contribution in [2.45, 2.75) is 32.0 Å². The molecule has 62 valence electrons. The molecule has 0 spiro atoms. The van der Waals surface area contributed by atoms with Gasteiger partial charge in [-0.25, -0.2) is 4.39 Å². The number of halogens is 1. The fourth-order valence-corrected chi connectivity index (χ4v) is 1.13. The molecule has 0 saturated carbocycles. The lowest BCUT2D eigenvalue weighted by atomic mass is 10.0. The lowest BCUT2D eigenvalue weighted by Crippen LogP contribution is -2.04. The van der Waals surface area contributed by atoms with Crippen LogP contribution in [-0.2, 0) is 0 Å². The fraction of sp³-hybridized carbons (Fsp3) is 0.556. The molecule has 0 aromatic carbocycles. The molecule has 1 aliphatic carbocycles. The second-order valence-corrected chi connectivity index (χ2v) is 2.94. The summed E-state index contributed by atoms with van der Waals surface area (Å²) in [5.74, 6) is 0. The zero-order valence-electron chi connectivity index (χ0n) is 6.63. The SMILES string of the molecule is C[C@@H](O)CC1=CCC(F)C=C1. The smallest absolute Gasteiger partial charge is 0.122 e. The van der Waals surface area contributed by atoms with Gasteiger partial charge in [-0.2, -0.15) is 0 Å². The summed E-state index contributed by atoms with van der Waals surface area (Å²) < 4.78 is 12.5. The number of aliphatic hydroxyl groups is 1. The molecule has 1 unspecified atom stereocenters. The van der Waals surface area contributed by atoms with Gasteiger partial charge in [0.25, 0.3) is 0 Å². The highest BCUT2D eigenvalue weighted by Gasteiger charge is 2.07. The molecule has 0 bridgehead atoms. The Bertz CT molecular complexity index is 182. The minimum atomic E-state index is -0.826. The Morgan fingerprint density at radius 1 is 1.82 bits per heavy atom. The van der Waals surface area contributed by atoms with Gasteiger partial charge in [0.15, 0.2) is 0 Å². The first-order chi connectivity index (χ1) is 5.18. The van der Waals surface area contributed by atoms with Crippen LogP contribution in [0.3, 0.4) is 0 Å². The normalized spacial score (nSPS) is 26.5. The van der Waals surface area contributed by atoms with Crippen molar-refractivity contribution in [2.24, 2.45) is 0 Å². The van der Waals surface area contributed by atoms with Crippen molar-refractivity contribution in [3.8, 4) is 0 Å². The van der Waals surface area contributed by atoms with Crippen LogP contribution in [0.25, 0.3) is 0 Å². The van der Waals surface area contributed by atoms with E-state index in [2.05, 4.69) is 0 Å². The number of aliphatic hydroxyl groups excluding tert-OH is 1. The number of allylic oxidation sites excluding steroid dienone is 3. The third-order valence-electron chi connectivity index (χ3n) is 1.66. The van der Waals surface area contributed by atoms with Crippen LogP contribution in [0, 0.1) is 0 Å². The van der Waals surface area contributed by atoms with Crippen molar-refractivity contribution >= 4 is 0 Å². The van der Waals surface area contributed by atoms with Gasteiger partial charge in [-0.3, -0.25) is 0 Å². The summed E-state index contributed by atoms with van der Waals surface area (Å²) in [4.78, 5) is 0. The zero-order valence-corrected chi connectivity index (χ0v) is 6.63. The molecule has 0 saturated heterocycles. The van der Waals surface area contributed by atoms with Crippen molar-refractivity contribution < 1.29 is 9.50 Å². The van der Waals surface area contributed by atoms with Crippen LogP contribution in [0.1, 0.15) is 19.8 Å². The number of hydrogen-bond donors (Lipinski definition) is 1. The van der Waals surface area contributed by atoms with Crippen molar-refractivity contribution in [2.75, 3.05) is 0 Å². The van der Waals surface area contributed by atoms with Crippen LogP contribution >= 0.6 is 0 Å². The molecule has 1 aliphatic rings. The highest BCUT2D eigenvalue weighted by Crippen LogP contribution is 2.16. The van der Waals surface area contributed by atoms with E-state index in [-0.39, 0.29) is 6.10 Å². The van der Waals surface area contributed by atoms with E-state index in [1.54, 1.807) is 13.0 Å². The Morgan fingerprint density at radius 3 is 3.00 bits per heavy atom. The first kappa shape index (κ1) is 8.47. The maximum Gasteiger partial charge on any atom is 0.122 e. The summed E-state index contributed by atoms with van der Waals surface area (Å²) in [6.45, 7) is 1.73. The molecule has 1 N–H and O–H groups in total. The number of hydrogen-bond acceptors (Lipinski definition) is 1. The first-order valence-corrected chi connectivity index (χ1v) is 3.88. The van der Waals surface area contributed by atoms with E-state index in [0.29, 0.717) is 12.8 Å². The molecule has 2 atom stereocenters. The van der Waals surface area contributed by atoms with Crippen molar-refractivity contribution in [3.63, 3.8) is 0 Å². The van der Waals surface area contributed by atoms with Crippen LogP contribution in [0.4, 0.5) is 4.39 Å². The molecule has 1 rings (SSSR count). The maximum absolute atomic E-state index is 12.5. The molecule has 0 fully saturated rings. The van der Waals surface area contributed by atoms with Crippen LogP contribution in [0.15, 0.2) is 23.8 Å². The summed E-state index contributed by atoms with van der Waals surface area (Å²) in [6, 6.07) is 0. The van der Waals surface area contributed by atoms with Gasteiger partial charge in [0.05, 0.1) is 6.10 Å². The molecule has 0 radical (unpaired) electrons. The van der Waals surface area contributed by atoms with Gasteiger partial charge in [-0.15, -0.1) is 0 Å². The lowest BCUT2D eigenvalue weighted by molar-refractivity contribution is 0.196. The molecule has 11 heavy (non-hydrogen) atoms. The third kappa shape index (κ3) is 2.85. The van der Waals surface area contributed by atoms with Crippen LogP contribution in [0.2, 0.25) is 0 Å². The summed E-state index contributed by atoms with van der Waals surface area (Å²) in [6.07, 6.45) is 5.06. The Balaban J connectivity index is 2.43. The lowest BCUT2D eigenvalue weighted by Gasteiger charge is -2.10. The van der Waals surface area contributed by atoms with E-state index in [4.69, 9.17) is 5.11 Å². The van der Waals surface area contributed by atoms with Crippen LogP contribution in [-0.4, -0.2) is 17.4 Å². The molecular weight excluding hydrogens is 143 g/mol. The minimum Gasteiger partial charge on any atom is -0.393 e. The van der Waals surface area contributed by atoms with E-state index in [9.17, 15) is 4.39 Å². The molecule has 0 aromatic heterocycles. The Hall–Kier alpha value is -0.630. The summed E-state index contributed by atoms with van der Waals surface area (Å²) in [7, 11) is 0. The minimum absolute atomic E-state index is 0.331. The summed E-state index contributed by atoms with van der Waals surface area (Å²) >= 11 is 0. The average Bonchev–Trinajstić information content (AvgIpc) is 1.93. The molecule has 1 nitrogen and oxygen atoms in total. The van der Waals surface area contributed by atoms with Gasteiger partial charge in [0.1, 0.15) is 6.17 Å². The van der Waals surface area contributed by atoms with E-state index in [0.717, 1.165) is 5.57 Å². The molecule has 2 heteroatoms. The van der Waals surface area contributed by atoms with Gasteiger partial charge >= 0.3 is 0 Å². The molecule has 0 heterocycles. The van der Waals surface area contributed by atoms with E-state index in [1.165, 1.54) is 6.08 Å². The van der Waals surface area contributed by atoms with Crippen LogP contribution < -0.4 is 0 Å². The quantitative estimate of drug-likeness (QED) is 0.648. The second-order valence-electron chi connectivity index (χ2n) is 2.94.